The van der Waals surface area contributed by atoms with Gasteiger partial charge in [-0.05, 0) is 24.5 Å². The topological polar surface area (TPSA) is 55.4 Å². The first kappa shape index (κ1) is 15.5. The number of hydrogen-bond acceptors (Lipinski definition) is 3. The Bertz CT molecular complexity index is 448. The van der Waals surface area contributed by atoms with Crippen molar-refractivity contribution in [2.24, 2.45) is 0 Å². The number of carbonyl (C=O) groups is 2. The number of nitrogens with one attached hydrogen (secondary N) is 1. The molecule has 0 aliphatic carbocycles. The molecule has 0 saturated heterocycles. The number of halogens is 1. The zero-order chi connectivity index (χ0) is 14.3. The molecule has 1 aromatic carbocycles. The molecule has 0 fully saturated rings. The van der Waals surface area contributed by atoms with Gasteiger partial charge in [-0.2, -0.15) is 0 Å². The molecule has 1 N–H and O–H groups in total. The van der Waals surface area contributed by atoms with Gasteiger partial charge in [0.15, 0.2) is 0 Å². The van der Waals surface area contributed by atoms with Gasteiger partial charge in [-0.25, -0.2) is 0 Å². The van der Waals surface area contributed by atoms with Crippen LogP contribution in [0.3, 0.4) is 0 Å². The number of esters is 1. The minimum atomic E-state index is -0.840. The summed E-state index contributed by atoms with van der Waals surface area (Å²) >= 11 is 5.73. The second-order valence-corrected chi connectivity index (χ2v) is 4.75. The van der Waals surface area contributed by atoms with E-state index in [1.807, 2.05) is 31.2 Å². The normalized spacial score (nSPS) is 11.7. The quantitative estimate of drug-likeness (QED) is 0.640. The number of amides is 1. The highest BCUT2D eigenvalue weighted by atomic mass is 35.5. The summed E-state index contributed by atoms with van der Waals surface area (Å²) in [5.41, 5.74) is 2.31. The van der Waals surface area contributed by atoms with Gasteiger partial charge in [-0.1, -0.05) is 24.3 Å². The van der Waals surface area contributed by atoms with Gasteiger partial charge in [0.1, 0.15) is 5.38 Å². The molecule has 0 aromatic heterocycles. The molecule has 1 unspecified atom stereocenters. The number of aryl methyl sites for hydroxylation is 2. The Kier molecular flexibility index (Phi) is 6.36. The lowest BCUT2D eigenvalue weighted by molar-refractivity contribution is -0.140. The maximum absolute atomic E-state index is 11.6. The number of ether oxygens (including phenoxy) is 1. The molecule has 0 aliphatic heterocycles. The lowest BCUT2D eigenvalue weighted by Crippen LogP contribution is -2.34. The van der Waals surface area contributed by atoms with Crippen LogP contribution in [-0.2, 0) is 20.7 Å². The maximum atomic E-state index is 11.6. The molecule has 0 bridgehead atoms. The standard InChI is InChI=1S/C14H18ClNO3/c1-10-5-3-4-6-11(10)7-8-13(17)16-9-12(15)14(18)19-2/h3-6,12H,7-9H2,1-2H3,(H,16,17). The van der Waals surface area contributed by atoms with Gasteiger partial charge in [-0.15, -0.1) is 11.6 Å². The third kappa shape index (κ3) is 5.30. The van der Waals surface area contributed by atoms with Gasteiger partial charge in [0.25, 0.3) is 0 Å². The van der Waals surface area contributed by atoms with Crippen LogP contribution in [0.1, 0.15) is 17.5 Å². The largest absolute Gasteiger partial charge is 0.468 e. The van der Waals surface area contributed by atoms with Crippen molar-refractivity contribution in [3.05, 3.63) is 35.4 Å². The van der Waals surface area contributed by atoms with Crippen LogP contribution in [0.2, 0.25) is 0 Å². The highest BCUT2D eigenvalue weighted by Gasteiger charge is 2.16. The Balaban J connectivity index is 2.33. The van der Waals surface area contributed by atoms with Crippen LogP contribution in [0.5, 0.6) is 0 Å². The van der Waals surface area contributed by atoms with Gasteiger partial charge < -0.3 is 10.1 Å². The molecule has 4 nitrogen and oxygen atoms in total. The van der Waals surface area contributed by atoms with E-state index in [-0.39, 0.29) is 12.5 Å². The first-order valence-electron chi connectivity index (χ1n) is 6.07. The van der Waals surface area contributed by atoms with Crippen LogP contribution in [-0.4, -0.2) is 30.9 Å². The van der Waals surface area contributed by atoms with Crippen LogP contribution < -0.4 is 5.32 Å². The Morgan fingerprint density at radius 2 is 2.05 bits per heavy atom. The molecule has 1 atom stereocenters. The predicted octanol–water partition coefficient (Wildman–Crippen LogP) is 1.82. The van der Waals surface area contributed by atoms with Crippen LogP contribution >= 0.6 is 11.6 Å². The highest BCUT2D eigenvalue weighted by Crippen LogP contribution is 2.09. The van der Waals surface area contributed by atoms with E-state index in [1.54, 1.807) is 0 Å². The molecule has 1 amide bonds. The number of rotatable bonds is 6. The van der Waals surface area contributed by atoms with Crippen LogP contribution in [0.4, 0.5) is 0 Å². The lowest BCUT2D eigenvalue weighted by atomic mass is 10.0. The van der Waals surface area contributed by atoms with E-state index < -0.39 is 11.3 Å². The Labute approximate surface area is 118 Å². The Morgan fingerprint density at radius 1 is 1.37 bits per heavy atom. The molecule has 1 rings (SSSR count). The molecule has 0 saturated carbocycles. The summed E-state index contributed by atoms with van der Waals surface area (Å²) in [5, 5.41) is 1.78. The van der Waals surface area contributed by atoms with Crippen molar-refractivity contribution in [2.75, 3.05) is 13.7 Å². The fraction of sp³-hybridized carbons (Fsp3) is 0.429. The summed E-state index contributed by atoms with van der Waals surface area (Å²) in [5.74, 6) is -0.668. The van der Waals surface area contributed by atoms with Gasteiger partial charge >= 0.3 is 5.97 Å². The summed E-state index contributed by atoms with van der Waals surface area (Å²) in [6, 6.07) is 7.93. The van der Waals surface area contributed by atoms with Crippen molar-refractivity contribution in [1.29, 1.82) is 0 Å². The third-order valence-corrected chi connectivity index (χ3v) is 3.15. The van der Waals surface area contributed by atoms with Crippen molar-refractivity contribution in [3.63, 3.8) is 0 Å². The van der Waals surface area contributed by atoms with Crippen molar-refractivity contribution < 1.29 is 14.3 Å². The summed E-state index contributed by atoms with van der Waals surface area (Å²) in [4.78, 5) is 22.7. The molecule has 19 heavy (non-hydrogen) atoms. The summed E-state index contributed by atoms with van der Waals surface area (Å²) < 4.78 is 4.47. The monoisotopic (exact) mass is 283 g/mol. The molecule has 104 valence electrons. The molecule has 0 radical (unpaired) electrons. The number of alkyl halides is 1. The molecule has 1 aromatic rings. The minimum absolute atomic E-state index is 0.0842. The van der Waals surface area contributed by atoms with Crippen molar-refractivity contribution in [2.45, 2.75) is 25.1 Å². The van der Waals surface area contributed by atoms with Gasteiger partial charge in [0.2, 0.25) is 5.91 Å². The lowest BCUT2D eigenvalue weighted by Gasteiger charge is -2.09. The van der Waals surface area contributed by atoms with Crippen LogP contribution in [0.15, 0.2) is 24.3 Å². The first-order valence-corrected chi connectivity index (χ1v) is 6.51. The number of methoxy groups -OCH3 is 1. The molecule has 0 spiro atoms. The zero-order valence-electron chi connectivity index (χ0n) is 11.1. The average molecular weight is 284 g/mol. The fourth-order valence-electron chi connectivity index (χ4n) is 1.64. The summed E-state index contributed by atoms with van der Waals surface area (Å²) in [6.07, 6.45) is 1.04. The van der Waals surface area contributed by atoms with Crippen LogP contribution in [0.25, 0.3) is 0 Å². The second kappa shape index (κ2) is 7.79. The van der Waals surface area contributed by atoms with E-state index in [0.717, 1.165) is 5.56 Å². The maximum Gasteiger partial charge on any atom is 0.325 e. The van der Waals surface area contributed by atoms with E-state index in [9.17, 15) is 9.59 Å². The summed E-state index contributed by atoms with van der Waals surface area (Å²) in [6.45, 7) is 2.10. The van der Waals surface area contributed by atoms with Gasteiger partial charge in [0, 0.05) is 13.0 Å². The molecular formula is C14H18ClNO3. The van der Waals surface area contributed by atoms with Gasteiger partial charge in [-0.3, -0.25) is 9.59 Å². The van der Waals surface area contributed by atoms with Crippen molar-refractivity contribution >= 4 is 23.5 Å². The SMILES string of the molecule is COC(=O)C(Cl)CNC(=O)CCc1ccccc1C. The zero-order valence-corrected chi connectivity index (χ0v) is 11.9. The van der Waals surface area contributed by atoms with Crippen molar-refractivity contribution in [1.82, 2.24) is 5.32 Å². The van der Waals surface area contributed by atoms with E-state index >= 15 is 0 Å². The van der Waals surface area contributed by atoms with E-state index in [0.29, 0.717) is 12.8 Å². The number of benzene rings is 1. The molecule has 5 heteroatoms. The van der Waals surface area contributed by atoms with Crippen LogP contribution in [0, 0.1) is 6.92 Å². The molecular weight excluding hydrogens is 266 g/mol. The Morgan fingerprint density at radius 3 is 2.68 bits per heavy atom. The average Bonchev–Trinajstić information content (AvgIpc) is 2.42. The minimum Gasteiger partial charge on any atom is -0.468 e. The fourth-order valence-corrected chi connectivity index (χ4v) is 1.81. The third-order valence-electron chi connectivity index (χ3n) is 2.82. The smallest absolute Gasteiger partial charge is 0.325 e. The first-order chi connectivity index (χ1) is 9.04. The van der Waals surface area contributed by atoms with E-state index in [1.165, 1.54) is 12.7 Å². The second-order valence-electron chi connectivity index (χ2n) is 4.22. The van der Waals surface area contributed by atoms with Gasteiger partial charge in [0.05, 0.1) is 7.11 Å². The van der Waals surface area contributed by atoms with E-state index in [4.69, 9.17) is 11.6 Å². The summed E-state index contributed by atoms with van der Waals surface area (Å²) in [7, 11) is 1.26. The predicted molar refractivity (Wildman–Crippen MR) is 74.2 cm³/mol. The Hall–Kier alpha value is -1.55. The number of hydrogen-bond donors (Lipinski definition) is 1. The number of carbonyl (C=O) groups excluding carboxylic acids is 2. The van der Waals surface area contributed by atoms with Crippen molar-refractivity contribution in [3.8, 4) is 0 Å². The van der Waals surface area contributed by atoms with E-state index in [2.05, 4.69) is 10.1 Å². The molecule has 0 aliphatic rings. The molecule has 0 heterocycles. The highest BCUT2D eigenvalue weighted by molar-refractivity contribution is 6.30.